The van der Waals surface area contributed by atoms with Crippen molar-refractivity contribution in [2.24, 2.45) is 0 Å². The molecular formula is C14H13ClO2S. The summed E-state index contributed by atoms with van der Waals surface area (Å²) in [6, 6.07) is 10.9. The van der Waals surface area contributed by atoms with Gasteiger partial charge < -0.3 is 4.74 Å². The second-order valence-electron chi connectivity index (χ2n) is 3.76. The van der Waals surface area contributed by atoms with E-state index in [-0.39, 0.29) is 5.78 Å². The van der Waals surface area contributed by atoms with E-state index in [0.29, 0.717) is 22.9 Å². The molecule has 0 aliphatic heterocycles. The Morgan fingerprint density at radius 1 is 1.22 bits per heavy atom. The summed E-state index contributed by atoms with van der Waals surface area (Å²) < 4.78 is 6.05. The van der Waals surface area contributed by atoms with Gasteiger partial charge in [0.15, 0.2) is 5.78 Å². The van der Waals surface area contributed by atoms with Gasteiger partial charge in [0.1, 0.15) is 5.75 Å². The second-order valence-corrected chi connectivity index (χ2v) is 5.56. The number of benzene rings is 1. The largest absolute Gasteiger partial charge is 0.494 e. The Morgan fingerprint density at radius 2 is 1.94 bits per heavy atom. The highest BCUT2D eigenvalue weighted by Crippen LogP contribution is 2.23. The number of hydrogen-bond donors (Lipinski definition) is 0. The smallest absolute Gasteiger partial charge is 0.168 e. The molecule has 1 aromatic heterocycles. The lowest BCUT2D eigenvalue weighted by atomic mass is 10.1. The van der Waals surface area contributed by atoms with E-state index in [0.717, 1.165) is 10.6 Å². The molecule has 0 saturated heterocycles. The van der Waals surface area contributed by atoms with Gasteiger partial charge in [0.2, 0.25) is 0 Å². The van der Waals surface area contributed by atoms with Crippen LogP contribution in [0.4, 0.5) is 0 Å². The van der Waals surface area contributed by atoms with Crippen LogP contribution in [0.5, 0.6) is 5.75 Å². The maximum Gasteiger partial charge on any atom is 0.168 e. The molecule has 0 radical (unpaired) electrons. The molecule has 0 fully saturated rings. The zero-order valence-electron chi connectivity index (χ0n) is 9.98. The molecule has 2 rings (SSSR count). The molecule has 94 valence electrons. The van der Waals surface area contributed by atoms with Gasteiger partial charge in [0, 0.05) is 16.9 Å². The molecule has 0 aliphatic carbocycles. The molecule has 0 saturated carbocycles. The molecule has 1 heterocycles. The van der Waals surface area contributed by atoms with Gasteiger partial charge in [0.25, 0.3) is 0 Å². The molecule has 0 spiro atoms. The van der Waals surface area contributed by atoms with Crippen molar-refractivity contribution >= 4 is 28.7 Å². The van der Waals surface area contributed by atoms with Crippen molar-refractivity contribution in [3.8, 4) is 5.75 Å². The van der Waals surface area contributed by atoms with E-state index in [1.165, 1.54) is 11.3 Å². The third-order valence-corrected chi connectivity index (χ3v) is 3.68. The van der Waals surface area contributed by atoms with E-state index >= 15 is 0 Å². The minimum absolute atomic E-state index is 0.0940. The Bertz CT molecular complexity index is 531. The van der Waals surface area contributed by atoms with Gasteiger partial charge in [-0.05, 0) is 43.3 Å². The van der Waals surface area contributed by atoms with Crippen LogP contribution in [0.15, 0.2) is 36.4 Å². The van der Waals surface area contributed by atoms with E-state index in [1.54, 1.807) is 12.1 Å². The Kier molecular flexibility index (Phi) is 4.39. The number of hydrogen-bond acceptors (Lipinski definition) is 3. The highest BCUT2D eigenvalue weighted by molar-refractivity contribution is 7.16. The summed E-state index contributed by atoms with van der Waals surface area (Å²) >= 11 is 7.28. The summed E-state index contributed by atoms with van der Waals surface area (Å²) in [5, 5.41) is 0. The van der Waals surface area contributed by atoms with Gasteiger partial charge in [-0.25, -0.2) is 0 Å². The van der Waals surface area contributed by atoms with Crippen LogP contribution in [0, 0.1) is 0 Å². The summed E-state index contributed by atoms with van der Waals surface area (Å²) in [7, 11) is 0. The van der Waals surface area contributed by atoms with Crippen molar-refractivity contribution in [1.29, 1.82) is 0 Å². The first-order valence-electron chi connectivity index (χ1n) is 5.69. The van der Waals surface area contributed by atoms with Gasteiger partial charge >= 0.3 is 0 Å². The van der Waals surface area contributed by atoms with Crippen LogP contribution in [0.2, 0.25) is 4.34 Å². The Morgan fingerprint density at radius 3 is 2.50 bits per heavy atom. The molecule has 1 aromatic carbocycles. The van der Waals surface area contributed by atoms with Crippen LogP contribution < -0.4 is 4.74 Å². The average molecular weight is 281 g/mol. The summed E-state index contributed by atoms with van der Waals surface area (Å²) in [6.45, 7) is 2.56. The first kappa shape index (κ1) is 13.1. The summed E-state index contributed by atoms with van der Waals surface area (Å²) in [5.41, 5.74) is 0.697. The number of carbonyl (C=O) groups excluding carboxylic acids is 1. The standard InChI is InChI=1S/C14H13ClO2S/c1-2-17-11-5-3-10(4-6-11)13(16)9-12-7-8-14(15)18-12/h3-8H,2,9H2,1H3. The zero-order valence-corrected chi connectivity index (χ0v) is 11.6. The fourth-order valence-electron chi connectivity index (χ4n) is 1.61. The van der Waals surface area contributed by atoms with Crippen LogP contribution in [-0.4, -0.2) is 12.4 Å². The molecule has 0 N–H and O–H groups in total. The Balaban J connectivity index is 2.04. The lowest BCUT2D eigenvalue weighted by Crippen LogP contribution is -2.02. The zero-order chi connectivity index (χ0) is 13.0. The molecule has 0 unspecified atom stereocenters. The van der Waals surface area contributed by atoms with Crippen molar-refractivity contribution < 1.29 is 9.53 Å². The number of halogens is 1. The molecule has 2 nitrogen and oxygen atoms in total. The highest BCUT2D eigenvalue weighted by Gasteiger charge is 2.08. The number of ether oxygens (including phenoxy) is 1. The van der Waals surface area contributed by atoms with Gasteiger partial charge in [-0.1, -0.05) is 11.6 Å². The van der Waals surface area contributed by atoms with Gasteiger partial charge in [0.05, 0.1) is 10.9 Å². The van der Waals surface area contributed by atoms with Crippen LogP contribution >= 0.6 is 22.9 Å². The molecule has 0 atom stereocenters. The minimum atomic E-state index is 0.0940. The van der Waals surface area contributed by atoms with Gasteiger partial charge in [-0.2, -0.15) is 0 Å². The maximum absolute atomic E-state index is 12.0. The van der Waals surface area contributed by atoms with Crippen molar-refractivity contribution in [2.75, 3.05) is 6.61 Å². The molecule has 0 bridgehead atoms. The average Bonchev–Trinajstić information content (AvgIpc) is 2.76. The highest BCUT2D eigenvalue weighted by atomic mass is 35.5. The molecule has 0 aliphatic rings. The van der Waals surface area contributed by atoms with E-state index in [4.69, 9.17) is 16.3 Å². The molecule has 2 aromatic rings. The molecule has 4 heteroatoms. The van der Waals surface area contributed by atoms with Crippen LogP contribution in [0.3, 0.4) is 0 Å². The summed E-state index contributed by atoms with van der Waals surface area (Å²) in [4.78, 5) is 13.0. The second kappa shape index (κ2) is 6.03. The van der Waals surface area contributed by atoms with Crippen LogP contribution in [0.1, 0.15) is 22.2 Å². The third kappa shape index (κ3) is 3.34. The van der Waals surface area contributed by atoms with Gasteiger partial charge in [-0.3, -0.25) is 4.79 Å². The van der Waals surface area contributed by atoms with Crippen LogP contribution in [0.25, 0.3) is 0 Å². The Labute approximate surface area is 115 Å². The predicted molar refractivity (Wildman–Crippen MR) is 75.0 cm³/mol. The number of Topliss-reactive ketones (excluding diaryl/α,β-unsaturated/α-hetero) is 1. The summed E-state index contributed by atoms with van der Waals surface area (Å²) in [6.07, 6.45) is 0.394. The SMILES string of the molecule is CCOc1ccc(C(=O)Cc2ccc(Cl)s2)cc1. The van der Waals surface area contributed by atoms with Crippen molar-refractivity contribution in [3.63, 3.8) is 0 Å². The fourth-order valence-corrected chi connectivity index (χ4v) is 2.70. The van der Waals surface area contributed by atoms with Crippen molar-refractivity contribution in [2.45, 2.75) is 13.3 Å². The monoisotopic (exact) mass is 280 g/mol. The normalized spacial score (nSPS) is 10.3. The van der Waals surface area contributed by atoms with Crippen LogP contribution in [-0.2, 0) is 6.42 Å². The number of carbonyl (C=O) groups is 1. The van der Waals surface area contributed by atoms with Gasteiger partial charge in [-0.15, -0.1) is 11.3 Å². The van der Waals surface area contributed by atoms with E-state index in [1.807, 2.05) is 31.2 Å². The lowest BCUT2D eigenvalue weighted by molar-refractivity contribution is 0.0994. The van der Waals surface area contributed by atoms with E-state index < -0.39 is 0 Å². The fraction of sp³-hybridized carbons (Fsp3) is 0.214. The Hall–Kier alpha value is -1.32. The first-order valence-corrected chi connectivity index (χ1v) is 6.88. The molecule has 18 heavy (non-hydrogen) atoms. The number of rotatable bonds is 5. The van der Waals surface area contributed by atoms with E-state index in [2.05, 4.69) is 0 Å². The predicted octanol–water partition coefficient (Wildman–Crippen LogP) is 4.23. The quantitative estimate of drug-likeness (QED) is 0.766. The molecular weight excluding hydrogens is 268 g/mol. The van der Waals surface area contributed by atoms with Crippen molar-refractivity contribution in [3.05, 3.63) is 51.2 Å². The van der Waals surface area contributed by atoms with E-state index in [9.17, 15) is 4.79 Å². The number of thiophene rings is 1. The minimum Gasteiger partial charge on any atom is -0.494 e. The maximum atomic E-state index is 12.0. The van der Waals surface area contributed by atoms with Crippen molar-refractivity contribution in [1.82, 2.24) is 0 Å². The number of ketones is 1. The molecule has 0 amide bonds. The first-order chi connectivity index (χ1) is 8.69. The topological polar surface area (TPSA) is 26.3 Å². The summed E-state index contributed by atoms with van der Waals surface area (Å²) in [5.74, 6) is 0.879. The lowest BCUT2D eigenvalue weighted by Gasteiger charge is -2.04. The third-order valence-electron chi connectivity index (χ3n) is 2.45.